The number of rotatable bonds is 4. The van der Waals surface area contributed by atoms with Gasteiger partial charge in [-0.05, 0) is 49.6 Å². The molecule has 0 aliphatic carbocycles. The van der Waals surface area contributed by atoms with Crippen LogP contribution in [-0.2, 0) is 10.0 Å². The van der Waals surface area contributed by atoms with Gasteiger partial charge in [0.15, 0.2) is 0 Å². The Morgan fingerprint density at radius 3 is 2.18 bits per heavy atom. The fraction of sp³-hybridized carbons (Fsp3) is 0.474. The number of nitrogens with zero attached hydrogens (tertiary/aromatic N) is 5. The number of anilines is 2. The summed E-state index contributed by atoms with van der Waals surface area (Å²) < 4.78 is 27.2. The molecule has 9 heteroatoms. The van der Waals surface area contributed by atoms with E-state index in [1.54, 1.807) is 30.5 Å². The van der Waals surface area contributed by atoms with Crippen molar-refractivity contribution in [3.05, 3.63) is 41.6 Å². The maximum Gasteiger partial charge on any atom is 0.243 e. The average Bonchev–Trinajstić information content (AvgIpc) is 2.75. The summed E-state index contributed by atoms with van der Waals surface area (Å²) in [6.07, 6.45) is 5.41. The summed E-state index contributed by atoms with van der Waals surface area (Å²) in [6, 6.07) is 8.22. The van der Waals surface area contributed by atoms with E-state index < -0.39 is 10.0 Å². The number of hydrogen-bond acceptors (Lipinski definition) is 6. The molecule has 2 aromatic rings. The molecule has 4 rings (SSSR count). The van der Waals surface area contributed by atoms with Crippen molar-refractivity contribution in [2.24, 2.45) is 0 Å². The Kier molecular flexibility index (Phi) is 5.70. The van der Waals surface area contributed by atoms with Crippen molar-refractivity contribution in [3.63, 3.8) is 0 Å². The van der Waals surface area contributed by atoms with Gasteiger partial charge in [0.25, 0.3) is 0 Å². The molecular weight excluding hydrogens is 398 g/mol. The summed E-state index contributed by atoms with van der Waals surface area (Å²) in [4.78, 5) is 13.8. The minimum atomic E-state index is -3.50. The summed E-state index contributed by atoms with van der Waals surface area (Å²) in [5, 5.41) is 0.525. The van der Waals surface area contributed by atoms with Crippen molar-refractivity contribution >= 4 is 33.4 Å². The normalized spacial score (nSPS) is 19.0. The summed E-state index contributed by atoms with van der Waals surface area (Å²) >= 11 is 5.87. The van der Waals surface area contributed by atoms with Crippen LogP contribution in [0.2, 0.25) is 5.02 Å². The Bertz CT molecular complexity index is 908. The maximum atomic E-state index is 12.8. The highest BCUT2D eigenvalue weighted by Gasteiger charge is 2.29. The minimum absolute atomic E-state index is 0.278. The second kappa shape index (κ2) is 8.23. The third-order valence-corrected chi connectivity index (χ3v) is 7.45. The molecule has 0 radical (unpaired) electrons. The van der Waals surface area contributed by atoms with E-state index in [-0.39, 0.29) is 4.90 Å². The van der Waals surface area contributed by atoms with Gasteiger partial charge in [-0.3, -0.25) is 0 Å². The van der Waals surface area contributed by atoms with Crippen LogP contribution in [0.3, 0.4) is 0 Å². The van der Waals surface area contributed by atoms with E-state index in [0.29, 0.717) is 31.2 Å². The molecule has 2 fully saturated rings. The molecule has 0 amide bonds. The van der Waals surface area contributed by atoms with Crippen LogP contribution in [0.1, 0.15) is 19.3 Å². The van der Waals surface area contributed by atoms with Gasteiger partial charge in [0.2, 0.25) is 16.0 Å². The lowest BCUT2D eigenvalue weighted by atomic mass is 10.1. The van der Waals surface area contributed by atoms with E-state index in [9.17, 15) is 8.42 Å². The number of piperazine rings is 1. The van der Waals surface area contributed by atoms with E-state index in [4.69, 9.17) is 16.6 Å². The highest BCUT2D eigenvalue weighted by molar-refractivity contribution is 7.89. The van der Waals surface area contributed by atoms with Gasteiger partial charge in [-0.25, -0.2) is 13.4 Å². The molecule has 0 bridgehead atoms. The zero-order valence-electron chi connectivity index (χ0n) is 15.7. The Hall–Kier alpha value is -1.90. The van der Waals surface area contributed by atoms with E-state index >= 15 is 0 Å². The van der Waals surface area contributed by atoms with Crippen LogP contribution in [0.15, 0.2) is 41.4 Å². The van der Waals surface area contributed by atoms with Crippen LogP contribution in [-0.4, -0.2) is 62.0 Å². The second-order valence-electron chi connectivity index (χ2n) is 7.11. The molecule has 0 saturated carbocycles. The zero-order valence-corrected chi connectivity index (χ0v) is 17.2. The third kappa shape index (κ3) is 4.09. The number of hydrogen-bond donors (Lipinski definition) is 0. The SMILES string of the molecule is O=S(=O)(c1ccc(Cl)cc1)N1CCN(c2ccnc(N3CCCCC3)n2)CC1. The first-order chi connectivity index (χ1) is 13.5. The Morgan fingerprint density at radius 2 is 1.50 bits per heavy atom. The van der Waals surface area contributed by atoms with Crippen LogP contribution in [0.5, 0.6) is 0 Å². The Balaban J connectivity index is 1.43. The molecule has 0 unspecified atom stereocenters. The Morgan fingerprint density at radius 1 is 0.821 bits per heavy atom. The molecule has 150 valence electrons. The quantitative estimate of drug-likeness (QED) is 0.755. The first kappa shape index (κ1) is 19.4. The molecule has 28 heavy (non-hydrogen) atoms. The fourth-order valence-corrected chi connectivity index (χ4v) is 5.22. The highest BCUT2D eigenvalue weighted by atomic mass is 35.5. The molecule has 2 aliphatic heterocycles. The summed E-state index contributed by atoms with van der Waals surface area (Å²) in [7, 11) is -3.50. The van der Waals surface area contributed by atoms with Gasteiger partial charge in [-0.1, -0.05) is 11.6 Å². The number of aromatic nitrogens is 2. The maximum absolute atomic E-state index is 12.8. The van der Waals surface area contributed by atoms with Gasteiger partial charge in [0.05, 0.1) is 4.90 Å². The lowest BCUT2D eigenvalue weighted by molar-refractivity contribution is 0.383. The molecule has 2 saturated heterocycles. The van der Waals surface area contributed by atoms with Crippen molar-refractivity contribution in [3.8, 4) is 0 Å². The van der Waals surface area contributed by atoms with Crippen LogP contribution >= 0.6 is 11.6 Å². The summed E-state index contributed by atoms with van der Waals surface area (Å²) in [5.74, 6) is 1.63. The predicted octanol–water partition coefficient (Wildman–Crippen LogP) is 2.63. The second-order valence-corrected chi connectivity index (χ2v) is 9.48. The van der Waals surface area contributed by atoms with E-state index in [1.807, 2.05) is 6.07 Å². The molecule has 1 aromatic carbocycles. The number of benzene rings is 1. The molecule has 0 atom stereocenters. The summed E-state index contributed by atoms with van der Waals surface area (Å²) in [5.41, 5.74) is 0. The van der Waals surface area contributed by atoms with Crippen molar-refractivity contribution in [1.82, 2.24) is 14.3 Å². The average molecular weight is 422 g/mol. The van der Waals surface area contributed by atoms with Crippen molar-refractivity contribution in [1.29, 1.82) is 0 Å². The van der Waals surface area contributed by atoms with E-state index in [0.717, 1.165) is 24.9 Å². The zero-order chi connectivity index (χ0) is 19.6. The number of piperidine rings is 1. The summed E-state index contributed by atoms with van der Waals surface area (Å²) in [6.45, 7) is 4.04. The molecule has 0 spiro atoms. The monoisotopic (exact) mass is 421 g/mol. The fourth-order valence-electron chi connectivity index (χ4n) is 3.67. The lowest BCUT2D eigenvalue weighted by Gasteiger charge is -2.35. The van der Waals surface area contributed by atoms with E-state index in [1.165, 1.54) is 23.6 Å². The molecule has 1 aromatic heterocycles. The van der Waals surface area contributed by atoms with Gasteiger partial charge in [0.1, 0.15) is 5.82 Å². The number of halogens is 1. The highest BCUT2D eigenvalue weighted by Crippen LogP contribution is 2.23. The first-order valence-electron chi connectivity index (χ1n) is 9.63. The molecule has 7 nitrogen and oxygen atoms in total. The van der Waals surface area contributed by atoms with Gasteiger partial charge in [-0.15, -0.1) is 0 Å². The van der Waals surface area contributed by atoms with Crippen molar-refractivity contribution in [2.75, 3.05) is 49.1 Å². The molecule has 3 heterocycles. The van der Waals surface area contributed by atoms with Crippen LogP contribution < -0.4 is 9.80 Å². The van der Waals surface area contributed by atoms with Gasteiger partial charge in [0, 0.05) is 50.5 Å². The minimum Gasteiger partial charge on any atom is -0.354 e. The topological polar surface area (TPSA) is 69.6 Å². The molecule has 0 N–H and O–H groups in total. The van der Waals surface area contributed by atoms with Gasteiger partial charge < -0.3 is 9.80 Å². The largest absolute Gasteiger partial charge is 0.354 e. The van der Waals surface area contributed by atoms with Crippen molar-refractivity contribution in [2.45, 2.75) is 24.2 Å². The van der Waals surface area contributed by atoms with Gasteiger partial charge >= 0.3 is 0 Å². The first-order valence-corrected chi connectivity index (χ1v) is 11.4. The molecular formula is C19H24ClN5O2S. The smallest absolute Gasteiger partial charge is 0.243 e. The Labute approximate surface area is 171 Å². The number of sulfonamides is 1. The van der Waals surface area contributed by atoms with Crippen LogP contribution in [0.25, 0.3) is 0 Å². The van der Waals surface area contributed by atoms with E-state index in [2.05, 4.69) is 14.8 Å². The van der Waals surface area contributed by atoms with Crippen LogP contribution in [0, 0.1) is 0 Å². The third-order valence-electron chi connectivity index (χ3n) is 5.28. The molecule has 2 aliphatic rings. The van der Waals surface area contributed by atoms with Crippen molar-refractivity contribution < 1.29 is 8.42 Å². The standard InChI is InChI=1S/C19H24ClN5O2S/c20-16-4-6-17(7-5-16)28(26,27)25-14-12-23(13-15-25)18-8-9-21-19(22-18)24-10-2-1-3-11-24/h4-9H,1-3,10-15H2. The lowest BCUT2D eigenvalue weighted by Crippen LogP contribution is -2.49. The predicted molar refractivity (Wildman–Crippen MR) is 111 cm³/mol. The van der Waals surface area contributed by atoms with Gasteiger partial charge in [-0.2, -0.15) is 9.29 Å². The van der Waals surface area contributed by atoms with Crippen LogP contribution in [0.4, 0.5) is 11.8 Å².